The van der Waals surface area contributed by atoms with E-state index >= 15 is 0 Å². The first-order valence-electron chi connectivity index (χ1n) is 6.13. The molecule has 0 bridgehead atoms. The number of amides is 1. The van der Waals surface area contributed by atoms with Crippen molar-refractivity contribution in [1.29, 1.82) is 0 Å². The van der Waals surface area contributed by atoms with E-state index in [-0.39, 0.29) is 18.4 Å². The van der Waals surface area contributed by atoms with Crippen LogP contribution in [0.5, 0.6) is 0 Å². The molecule has 1 aliphatic heterocycles. The lowest BCUT2D eigenvalue weighted by molar-refractivity contribution is -0.130. The largest absolute Gasteiger partial charge is 0.387 e. The number of aliphatic hydroxyl groups is 1. The van der Waals surface area contributed by atoms with E-state index in [2.05, 4.69) is 5.32 Å². The lowest BCUT2D eigenvalue weighted by atomic mass is 10.0. The summed E-state index contributed by atoms with van der Waals surface area (Å²) >= 11 is 0. The van der Waals surface area contributed by atoms with Gasteiger partial charge in [0.25, 0.3) is 0 Å². The summed E-state index contributed by atoms with van der Waals surface area (Å²) in [5.41, 5.74) is -0.894. The van der Waals surface area contributed by atoms with Crippen molar-refractivity contribution in [2.45, 2.75) is 25.4 Å². The van der Waals surface area contributed by atoms with Crippen molar-refractivity contribution in [3.8, 4) is 0 Å². The molecule has 1 aliphatic rings. The van der Waals surface area contributed by atoms with Crippen LogP contribution in [0.4, 0.5) is 0 Å². The zero-order valence-corrected chi connectivity index (χ0v) is 11.0. The van der Waals surface area contributed by atoms with Gasteiger partial charge < -0.3 is 20.1 Å². The average Bonchev–Trinajstić information content (AvgIpc) is 2.25. The highest BCUT2D eigenvalue weighted by Gasteiger charge is 2.26. The summed E-state index contributed by atoms with van der Waals surface area (Å²) in [4.78, 5) is 13.7. The fourth-order valence-corrected chi connectivity index (χ4v) is 2.11. The first-order valence-corrected chi connectivity index (χ1v) is 6.13. The van der Waals surface area contributed by atoms with Gasteiger partial charge in [-0.1, -0.05) is 0 Å². The molecular formula is C12H24N2O3. The van der Waals surface area contributed by atoms with Gasteiger partial charge in [-0.2, -0.15) is 0 Å². The molecule has 2 atom stereocenters. The second kappa shape index (κ2) is 6.33. The van der Waals surface area contributed by atoms with Crippen molar-refractivity contribution in [2.24, 2.45) is 5.92 Å². The maximum Gasteiger partial charge on any atom is 0.225 e. The van der Waals surface area contributed by atoms with E-state index in [1.54, 1.807) is 6.92 Å². The van der Waals surface area contributed by atoms with Crippen LogP contribution < -0.4 is 5.32 Å². The third-order valence-electron chi connectivity index (χ3n) is 2.83. The molecule has 0 aromatic carbocycles. The number of ether oxygens (including phenoxy) is 1. The Kier molecular flexibility index (Phi) is 5.36. The highest BCUT2D eigenvalue weighted by atomic mass is 16.5. The predicted octanol–water partition coefficient (Wildman–Crippen LogP) is -0.158. The van der Waals surface area contributed by atoms with Crippen molar-refractivity contribution in [3.63, 3.8) is 0 Å². The molecule has 0 saturated carbocycles. The Balaban J connectivity index is 2.31. The van der Waals surface area contributed by atoms with Gasteiger partial charge in [-0.25, -0.2) is 0 Å². The Labute approximate surface area is 103 Å². The van der Waals surface area contributed by atoms with E-state index in [9.17, 15) is 9.90 Å². The van der Waals surface area contributed by atoms with Gasteiger partial charge in [-0.15, -0.1) is 0 Å². The number of hydrogen-bond acceptors (Lipinski definition) is 4. The number of likely N-dealkylation sites (N-methyl/N-ethyl adjacent to an activating group) is 1. The standard InChI is InChI=1S/C12H24N2O3/c1-12(16,9-14(2)3)8-13-11(15)10-5-4-6-17-7-10/h10,16H,4-9H2,1-3H3,(H,13,15). The van der Waals surface area contributed by atoms with Gasteiger partial charge in [0.05, 0.1) is 18.1 Å². The number of hydrogen-bond donors (Lipinski definition) is 2. The summed E-state index contributed by atoms with van der Waals surface area (Å²) in [7, 11) is 3.79. The summed E-state index contributed by atoms with van der Waals surface area (Å²) in [6, 6.07) is 0. The molecule has 0 aromatic rings. The zero-order valence-electron chi connectivity index (χ0n) is 11.0. The smallest absolute Gasteiger partial charge is 0.225 e. The first kappa shape index (κ1) is 14.4. The summed E-state index contributed by atoms with van der Waals surface area (Å²) in [6.07, 6.45) is 1.81. The topological polar surface area (TPSA) is 61.8 Å². The van der Waals surface area contributed by atoms with Crippen molar-refractivity contribution in [2.75, 3.05) is 40.4 Å². The van der Waals surface area contributed by atoms with Crippen LogP contribution in [0.3, 0.4) is 0 Å². The molecule has 5 heteroatoms. The fourth-order valence-electron chi connectivity index (χ4n) is 2.11. The van der Waals surface area contributed by atoms with Crippen LogP contribution in [0.25, 0.3) is 0 Å². The van der Waals surface area contributed by atoms with Crippen molar-refractivity contribution < 1.29 is 14.6 Å². The third-order valence-corrected chi connectivity index (χ3v) is 2.83. The van der Waals surface area contributed by atoms with E-state index in [0.29, 0.717) is 13.2 Å². The number of rotatable bonds is 5. The zero-order chi connectivity index (χ0) is 12.9. The minimum absolute atomic E-state index is 0.0104. The average molecular weight is 244 g/mol. The minimum atomic E-state index is -0.894. The molecule has 1 amide bonds. The highest BCUT2D eigenvalue weighted by molar-refractivity contribution is 5.78. The molecule has 0 radical (unpaired) electrons. The number of nitrogens with zero attached hydrogens (tertiary/aromatic N) is 1. The summed E-state index contributed by atoms with van der Waals surface area (Å²) < 4.78 is 5.27. The van der Waals surface area contributed by atoms with Gasteiger partial charge in [0, 0.05) is 19.7 Å². The molecule has 1 fully saturated rings. The van der Waals surface area contributed by atoms with Gasteiger partial charge in [0.15, 0.2) is 0 Å². The predicted molar refractivity (Wildman–Crippen MR) is 65.7 cm³/mol. The molecule has 0 aromatic heterocycles. The van der Waals surface area contributed by atoms with Gasteiger partial charge in [-0.3, -0.25) is 4.79 Å². The first-order chi connectivity index (χ1) is 7.91. The van der Waals surface area contributed by atoms with Crippen LogP contribution in [-0.4, -0.2) is 61.9 Å². The van der Waals surface area contributed by atoms with E-state index in [1.165, 1.54) is 0 Å². The maximum atomic E-state index is 11.8. The molecule has 0 spiro atoms. The summed E-state index contributed by atoms with van der Waals surface area (Å²) in [5, 5.41) is 12.8. The Morgan fingerprint density at radius 3 is 2.82 bits per heavy atom. The van der Waals surface area contributed by atoms with E-state index in [4.69, 9.17) is 4.74 Å². The lowest BCUT2D eigenvalue weighted by Crippen LogP contribution is -2.49. The molecule has 2 N–H and O–H groups in total. The molecule has 1 rings (SSSR count). The number of carbonyl (C=O) groups excluding carboxylic acids is 1. The molecule has 1 saturated heterocycles. The normalized spacial score (nSPS) is 24.4. The van der Waals surface area contributed by atoms with Gasteiger partial charge in [0.1, 0.15) is 0 Å². The Bertz CT molecular complexity index is 248. The van der Waals surface area contributed by atoms with Gasteiger partial charge >= 0.3 is 0 Å². The van der Waals surface area contributed by atoms with Gasteiger partial charge in [-0.05, 0) is 33.9 Å². The number of carbonyl (C=O) groups is 1. The second-order valence-electron chi connectivity index (χ2n) is 5.37. The monoisotopic (exact) mass is 244 g/mol. The molecule has 100 valence electrons. The molecule has 0 aliphatic carbocycles. The minimum Gasteiger partial charge on any atom is -0.387 e. The van der Waals surface area contributed by atoms with Crippen LogP contribution in [-0.2, 0) is 9.53 Å². The van der Waals surface area contributed by atoms with Crippen LogP contribution >= 0.6 is 0 Å². The Hall–Kier alpha value is -0.650. The molecule has 5 nitrogen and oxygen atoms in total. The summed E-state index contributed by atoms with van der Waals surface area (Å²) in [5.74, 6) is -0.0670. The van der Waals surface area contributed by atoms with Crippen molar-refractivity contribution in [1.82, 2.24) is 10.2 Å². The third kappa shape index (κ3) is 5.48. The SMILES string of the molecule is CN(C)CC(C)(O)CNC(=O)C1CCCOC1. The molecular weight excluding hydrogens is 220 g/mol. The fraction of sp³-hybridized carbons (Fsp3) is 0.917. The quantitative estimate of drug-likeness (QED) is 0.705. The Morgan fingerprint density at radius 1 is 1.59 bits per heavy atom. The molecule has 17 heavy (non-hydrogen) atoms. The van der Waals surface area contributed by atoms with Crippen molar-refractivity contribution >= 4 is 5.91 Å². The second-order valence-corrected chi connectivity index (χ2v) is 5.37. The molecule has 2 unspecified atom stereocenters. The lowest BCUT2D eigenvalue weighted by Gasteiger charge is -2.28. The highest BCUT2D eigenvalue weighted by Crippen LogP contribution is 2.13. The number of nitrogens with one attached hydrogen (secondary N) is 1. The van der Waals surface area contributed by atoms with E-state index in [1.807, 2.05) is 19.0 Å². The van der Waals surface area contributed by atoms with E-state index in [0.717, 1.165) is 19.4 Å². The van der Waals surface area contributed by atoms with Crippen LogP contribution in [0.2, 0.25) is 0 Å². The van der Waals surface area contributed by atoms with Gasteiger partial charge in [0.2, 0.25) is 5.91 Å². The summed E-state index contributed by atoms with van der Waals surface area (Å²) in [6.45, 7) is 3.78. The van der Waals surface area contributed by atoms with E-state index < -0.39 is 5.60 Å². The van der Waals surface area contributed by atoms with Crippen LogP contribution in [0, 0.1) is 5.92 Å². The van der Waals surface area contributed by atoms with Crippen LogP contribution in [0.15, 0.2) is 0 Å². The van der Waals surface area contributed by atoms with Crippen molar-refractivity contribution in [3.05, 3.63) is 0 Å². The van der Waals surface area contributed by atoms with Crippen LogP contribution in [0.1, 0.15) is 19.8 Å². The maximum absolute atomic E-state index is 11.8. The molecule has 1 heterocycles. The Morgan fingerprint density at radius 2 is 2.29 bits per heavy atom.